The van der Waals surface area contributed by atoms with Crippen LogP contribution in [-0.2, 0) is 10.1 Å². The summed E-state index contributed by atoms with van der Waals surface area (Å²) in [6, 6.07) is 3.98. The summed E-state index contributed by atoms with van der Waals surface area (Å²) in [7, 11) is -4.36. The van der Waals surface area contributed by atoms with Crippen LogP contribution in [0.2, 0.25) is 0 Å². The van der Waals surface area contributed by atoms with Crippen LogP contribution in [-0.4, -0.2) is 22.8 Å². The summed E-state index contributed by atoms with van der Waals surface area (Å²) in [5.41, 5.74) is 9.07. The number of hydrazone groups is 1. The van der Waals surface area contributed by atoms with E-state index in [1.165, 1.54) is 24.4 Å². The Morgan fingerprint density at radius 1 is 1.42 bits per heavy atom. The minimum Gasteiger partial charge on any atom is -0.398 e. The van der Waals surface area contributed by atoms with Crippen LogP contribution in [0.25, 0.3) is 5.57 Å². The molecule has 0 spiro atoms. The predicted octanol–water partition coefficient (Wildman–Crippen LogP) is 1.38. The largest absolute Gasteiger partial charge is 0.398 e. The Morgan fingerprint density at radius 2 is 2.11 bits per heavy atom. The molecular weight excluding hydrogens is 315 g/mol. The molecule has 0 unspecified atom stereocenters. The fourth-order valence-electron chi connectivity index (χ4n) is 1.49. The highest BCUT2D eigenvalue weighted by molar-refractivity contribution is 7.86. The summed E-state index contributed by atoms with van der Waals surface area (Å²) in [5.74, 6) is 0. The highest BCUT2D eigenvalue weighted by atomic mass is 35.5. The van der Waals surface area contributed by atoms with Crippen molar-refractivity contribution in [3.63, 3.8) is 0 Å². The molecule has 0 saturated carbocycles. The number of halogens is 2. The Kier molecular flexibility index (Phi) is 3.59. The van der Waals surface area contributed by atoms with E-state index in [0.29, 0.717) is 11.1 Å². The first-order valence-electron chi connectivity index (χ1n) is 4.83. The van der Waals surface area contributed by atoms with E-state index in [0.717, 1.165) is 4.64 Å². The van der Waals surface area contributed by atoms with Crippen LogP contribution in [0.3, 0.4) is 0 Å². The maximum absolute atomic E-state index is 11.0. The zero-order chi connectivity index (χ0) is 14.2. The van der Waals surface area contributed by atoms with E-state index in [2.05, 4.69) is 10.5 Å². The summed E-state index contributed by atoms with van der Waals surface area (Å²) in [6.07, 6.45) is 1.48. The molecule has 1 heterocycles. The number of hydrazine groups is 1. The van der Waals surface area contributed by atoms with Gasteiger partial charge in [-0.2, -0.15) is 8.42 Å². The first-order valence-corrected chi connectivity index (χ1v) is 6.99. The molecule has 0 aromatic heterocycles. The Bertz CT molecular complexity index is 687. The molecule has 1 aromatic carbocycles. The molecule has 0 fully saturated rings. The van der Waals surface area contributed by atoms with Gasteiger partial charge in [-0.3, -0.25) is 9.98 Å². The average molecular weight is 323 g/mol. The Labute approximate surface area is 119 Å². The number of benzene rings is 1. The second-order valence-electron chi connectivity index (χ2n) is 3.57. The van der Waals surface area contributed by atoms with E-state index in [4.69, 9.17) is 33.7 Å². The lowest BCUT2D eigenvalue weighted by Crippen LogP contribution is -2.25. The molecule has 10 heteroatoms. The zero-order valence-corrected chi connectivity index (χ0v) is 11.5. The van der Waals surface area contributed by atoms with Gasteiger partial charge in [0.15, 0.2) is 5.17 Å². The zero-order valence-electron chi connectivity index (χ0n) is 9.21. The van der Waals surface area contributed by atoms with Crippen LogP contribution in [0.5, 0.6) is 0 Å². The van der Waals surface area contributed by atoms with Gasteiger partial charge in [-0.25, -0.2) is 0 Å². The minimum atomic E-state index is -4.36. The molecule has 0 saturated heterocycles. The molecule has 102 valence electrons. The SMILES string of the molecule is Nc1cc(C2=CNN(Cl)N=C2Cl)ccc1S(=O)(=O)O. The van der Waals surface area contributed by atoms with E-state index in [1.54, 1.807) is 0 Å². The third-order valence-electron chi connectivity index (χ3n) is 2.31. The van der Waals surface area contributed by atoms with Crippen molar-refractivity contribution in [3.8, 4) is 0 Å². The van der Waals surface area contributed by atoms with Crippen molar-refractivity contribution >= 4 is 49.9 Å². The summed E-state index contributed by atoms with van der Waals surface area (Å²) >= 11 is 11.5. The summed E-state index contributed by atoms with van der Waals surface area (Å²) in [6.45, 7) is 0. The van der Waals surface area contributed by atoms with E-state index in [9.17, 15) is 8.42 Å². The average Bonchev–Trinajstić information content (AvgIpc) is 2.26. The lowest BCUT2D eigenvalue weighted by molar-refractivity contribution is 0.415. The van der Waals surface area contributed by atoms with Crippen LogP contribution >= 0.6 is 23.4 Å². The molecule has 2 rings (SSSR count). The number of hydrogen-bond acceptors (Lipinski definition) is 6. The highest BCUT2D eigenvalue weighted by Crippen LogP contribution is 2.26. The maximum Gasteiger partial charge on any atom is 0.296 e. The number of hydrogen-bond donors (Lipinski definition) is 3. The van der Waals surface area contributed by atoms with Crippen LogP contribution in [0.4, 0.5) is 5.69 Å². The van der Waals surface area contributed by atoms with Crippen molar-refractivity contribution < 1.29 is 13.0 Å². The highest BCUT2D eigenvalue weighted by Gasteiger charge is 2.18. The van der Waals surface area contributed by atoms with Gasteiger partial charge in [0.05, 0.1) is 17.5 Å². The van der Waals surface area contributed by atoms with Crippen LogP contribution < -0.4 is 11.2 Å². The molecule has 1 aromatic rings. The molecule has 7 nitrogen and oxygen atoms in total. The first-order chi connectivity index (χ1) is 8.79. The van der Waals surface area contributed by atoms with Gasteiger partial charge in [0.1, 0.15) is 4.90 Å². The second-order valence-corrected chi connectivity index (χ2v) is 5.63. The number of anilines is 1. The van der Waals surface area contributed by atoms with Gasteiger partial charge < -0.3 is 5.73 Å². The number of nitrogens with two attached hydrogens (primary N) is 1. The molecule has 0 atom stereocenters. The van der Waals surface area contributed by atoms with Gasteiger partial charge in [-0.1, -0.05) is 17.7 Å². The second kappa shape index (κ2) is 4.89. The number of nitrogens with one attached hydrogen (secondary N) is 1. The van der Waals surface area contributed by atoms with E-state index in [1.807, 2.05) is 0 Å². The van der Waals surface area contributed by atoms with Gasteiger partial charge in [0.2, 0.25) is 0 Å². The van der Waals surface area contributed by atoms with E-state index < -0.39 is 10.1 Å². The molecule has 0 bridgehead atoms. The summed E-state index contributed by atoms with van der Waals surface area (Å²) in [4.78, 5) is -0.368. The predicted molar refractivity (Wildman–Crippen MR) is 72.8 cm³/mol. The van der Waals surface area contributed by atoms with Crippen LogP contribution in [0.15, 0.2) is 34.4 Å². The monoisotopic (exact) mass is 322 g/mol. The maximum atomic E-state index is 11.0. The lowest BCUT2D eigenvalue weighted by Gasteiger charge is -2.17. The Morgan fingerprint density at radius 3 is 2.63 bits per heavy atom. The lowest BCUT2D eigenvalue weighted by atomic mass is 10.1. The molecule has 1 aliphatic rings. The topological polar surface area (TPSA) is 108 Å². The van der Waals surface area contributed by atoms with Gasteiger partial charge >= 0.3 is 0 Å². The number of allylic oxidation sites excluding steroid dienone is 1. The van der Waals surface area contributed by atoms with Crippen molar-refractivity contribution in [2.75, 3.05) is 5.73 Å². The number of nitrogens with zero attached hydrogens (tertiary/aromatic N) is 2. The van der Waals surface area contributed by atoms with E-state index in [-0.39, 0.29) is 15.8 Å². The van der Waals surface area contributed by atoms with Crippen molar-refractivity contribution in [1.82, 2.24) is 10.1 Å². The van der Waals surface area contributed by atoms with Crippen molar-refractivity contribution in [3.05, 3.63) is 30.0 Å². The standard InChI is InChI=1S/C9H8Cl2N4O3S/c10-9-6(4-13-15(11)14-9)5-1-2-8(7(12)3-5)19(16,17)18/h1-4,13H,12H2,(H,16,17,18). The Balaban J connectivity index is 2.45. The van der Waals surface area contributed by atoms with E-state index >= 15 is 0 Å². The molecular formula is C9H8Cl2N4O3S. The third-order valence-corrected chi connectivity index (χ3v) is 3.69. The summed E-state index contributed by atoms with van der Waals surface area (Å²) < 4.78 is 31.9. The minimum absolute atomic E-state index is 0.0985. The van der Waals surface area contributed by atoms with Crippen molar-refractivity contribution in [1.29, 1.82) is 0 Å². The Hall–Kier alpha value is -1.48. The molecule has 0 aliphatic carbocycles. The smallest absolute Gasteiger partial charge is 0.296 e. The van der Waals surface area contributed by atoms with Gasteiger partial charge in [-0.05, 0) is 17.7 Å². The van der Waals surface area contributed by atoms with Gasteiger partial charge in [0.25, 0.3) is 10.1 Å². The molecule has 4 N–H and O–H groups in total. The van der Waals surface area contributed by atoms with Gasteiger partial charge in [0, 0.05) is 11.8 Å². The van der Waals surface area contributed by atoms with Crippen molar-refractivity contribution in [2.45, 2.75) is 4.90 Å². The molecule has 1 aliphatic heterocycles. The first kappa shape index (κ1) is 13.9. The molecule has 19 heavy (non-hydrogen) atoms. The molecule has 0 amide bonds. The quantitative estimate of drug-likeness (QED) is 0.431. The molecule has 0 radical (unpaired) electrons. The summed E-state index contributed by atoms with van der Waals surface area (Å²) in [5, 5.41) is 3.84. The number of nitrogen functional groups attached to an aromatic ring is 1. The fourth-order valence-corrected chi connectivity index (χ4v) is 2.49. The van der Waals surface area contributed by atoms with Crippen molar-refractivity contribution in [2.24, 2.45) is 5.10 Å². The third kappa shape index (κ3) is 2.92. The fraction of sp³-hybridized carbons (Fsp3) is 0. The van der Waals surface area contributed by atoms with Crippen LogP contribution in [0.1, 0.15) is 5.56 Å². The number of rotatable bonds is 2. The van der Waals surface area contributed by atoms with Crippen LogP contribution in [0, 0.1) is 0 Å². The van der Waals surface area contributed by atoms with Gasteiger partial charge in [-0.15, -0.1) is 9.74 Å². The normalized spacial score (nSPS) is 15.6.